The number of carbonyl (C=O) groups is 1. The molecule has 1 aliphatic heterocycles. The molecule has 1 aliphatic rings. The van der Waals surface area contributed by atoms with Gasteiger partial charge in [0.2, 0.25) is 11.9 Å². The van der Waals surface area contributed by atoms with Gasteiger partial charge in [-0.1, -0.05) is 42.5 Å². The molecule has 1 fully saturated rings. The van der Waals surface area contributed by atoms with E-state index in [-0.39, 0.29) is 11.4 Å². The van der Waals surface area contributed by atoms with Crippen LogP contribution in [0.2, 0.25) is 0 Å². The molecule has 15 nitrogen and oxygen atoms in total. The number of halogens is 3. The highest BCUT2D eigenvalue weighted by atomic mass is 32.1. The predicted octanol–water partition coefficient (Wildman–Crippen LogP) is 11.0. The maximum Gasteiger partial charge on any atom is 0.573 e. The minimum Gasteiger partial charge on any atom is -0.404 e. The molecule has 0 aliphatic carbocycles. The summed E-state index contributed by atoms with van der Waals surface area (Å²) in [6.45, 7) is 5.10. The minimum atomic E-state index is -4.94. The number of amides is 2. The van der Waals surface area contributed by atoms with Crippen LogP contribution in [0.3, 0.4) is 0 Å². The van der Waals surface area contributed by atoms with E-state index in [1.54, 1.807) is 54.2 Å². The van der Waals surface area contributed by atoms with Crippen molar-refractivity contribution in [3.05, 3.63) is 130 Å². The highest BCUT2D eigenvalue weighted by Gasteiger charge is 2.33. The van der Waals surface area contributed by atoms with Crippen LogP contribution < -0.4 is 30.9 Å². The van der Waals surface area contributed by atoms with Gasteiger partial charge in [0.05, 0.1) is 56.7 Å². The van der Waals surface area contributed by atoms with Crippen LogP contribution in [-0.4, -0.2) is 70.1 Å². The van der Waals surface area contributed by atoms with Crippen molar-refractivity contribution in [1.29, 1.82) is 0 Å². The van der Waals surface area contributed by atoms with Gasteiger partial charge >= 0.3 is 12.4 Å². The van der Waals surface area contributed by atoms with Crippen LogP contribution in [0.25, 0.3) is 42.7 Å². The van der Waals surface area contributed by atoms with Crippen LogP contribution in [0, 0.1) is 10.1 Å². The third-order valence-electron chi connectivity index (χ3n) is 9.63. The van der Waals surface area contributed by atoms with Crippen molar-refractivity contribution in [3.63, 3.8) is 0 Å². The number of aromatic nitrogens is 4. The molecule has 20 heteroatoms. The molecule has 326 valence electrons. The van der Waals surface area contributed by atoms with E-state index in [9.17, 15) is 28.1 Å². The number of nitro benzene ring substituents is 1. The van der Waals surface area contributed by atoms with Gasteiger partial charge in [-0.3, -0.25) is 10.1 Å². The number of rotatable bonds is 11. The zero-order valence-electron chi connectivity index (χ0n) is 33.8. The second kappa shape index (κ2) is 19.3. The zero-order chi connectivity index (χ0) is 44.6. The van der Waals surface area contributed by atoms with Gasteiger partial charge in [-0.2, -0.15) is 0 Å². The first-order valence-electron chi connectivity index (χ1n) is 19.7. The van der Waals surface area contributed by atoms with Gasteiger partial charge in [-0.25, -0.2) is 24.7 Å². The number of hydrogen-bond acceptors (Lipinski definition) is 14. The molecule has 4 aromatic carbocycles. The lowest BCUT2D eigenvalue weighted by Gasteiger charge is -2.28. The maximum absolute atomic E-state index is 13.1. The lowest BCUT2D eigenvalue weighted by molar-refractivity contribution is -0.384. The highest BCUT2D eigenvalue weighted by Crippen LogP contribution is 2.39. The molecule has 8 aromatic rings. The van der Waals surface area contributed by atoms with E-state index >= 15 is 0 Å². The Morgan fingerprint density at radius 1 is 0.812 bits per heavy atom. The second-order valence-electron chi connectivity index (χ2n) is 13.9. The SMILES string of the molecule is CCNC(=O)Nc1ccc(-c2csc3cnc(Nc4ccc(N5CCOCC5)cc4)nc23)cc1OC(F)(F)F.O=[N+]([O-])c1cccc(Nc2ncc3scc(-c4ccccc4)c3n2)c1. The predicted molar refractivity (Wildman–Crippen MR) is 244 cm³/mol. The number of thiophene rings is 2. The number of alkyl halides is 3. The van der Waals surface area contributed by atoms with E-state index in [2.05, 4.69) is 56.2 Å². The number of anilines is 6. The topological polar surface area (TPSA) is 182 Å². The Hall–Kier alpha value is -7.42. The number of carbonyl (C=O) groups excluding carboxylic acids is 1. The van der Waals surface area contributed by atoms with Crippen molar-refractivity contribution in [1.82, 2.24) is 25.3 Å². The maximum atomic E-state index is 13.1. The normalized spacial score (nSPS) is 12.6. The van der Waals surface area contributed by atoms with Crippen LogP contribution in [0.4, 0.5) is 58.3 Å². The van der Waals surface area contributed by atoms with Gasteiger partial charge in [0.15, 0.2) is 5.75 Å². The van der Waals surface area contributed by atoms with Crippen LogP contribution in [0.15, 0.2) is 120 Å². The summed E-state index contributed by atoms with van der Waals surface area (Å²) in [6, 6.07) is 27.8. The molecular formula is C44H37F3N10O5S2. The van der Waals surface area contributed by atoms with Gasteiger partial charge in [0, 0.05) is 70.7 Å². The molecule has 64 heavy (non-hydrogen) atoms. The number of nitrogens with one attached hydrogen (secondary N) is 4. The Labute approximate surface area is 371 Å². The molecular weight excluding hydrogens is 870 g/mol. The summed E-state index contributed by atoms with van der Waals surface area (Å²) in [5.74, 6) is 0.226. The first-order chi connectivity index (χ1) is 31.0. The van der Waals surface area contributed by atoms with Gasteiger partial charge in [0.25, 0.3) is 5.69 Å². The fourth-order valence-corrected chi connectivity index (χ4v) is 8.41. The van der Waals surface area contributed by atoms with E-state index in [1.807, 2.05) is 54.6 Å². The Bertz CT molecular complexity index is 2910. The fourth-order valence-electron chi connectivity index (χ4n) is 6.67. The summed E-state index contributed by atoms with van der Waals surface area (Å²) < 4.78 is 50.8. The summed E-state index contributed by atoms with van der Waals surface area (Å²) in [4.78, 5) is 42.6. The monoisotopic (exact) mass is 906 g/mol. The van der Waals surface area contributed by atoms with Crippen LogP contribution in [0.1, 0.15) is 6.92 Å². The first-order valence-corrected chi connectivity index (χ1v) is 21.5. The van der Waals surface area contributed by atoms with Crippen LogP contribution in [-0.2, 0) is 4.74 Å². The largest absolute Gasteiger partial charge is 0.573 e. The van der Waals surface area contributed by atoms with Crippen molar-refractivity contribution in [2.75, 3.05) is 53.7 Å². The van der Waals surface area contributed by atoms with Crippen molar-refractivity contribution in [2.45, 2.75) is 13.3 Å². The molecule has 2 amide bonds. The molecule has 4 N–H and O–H groups in total. The van der Waals surface area contributed by atoms with E-state index in [0.717, 1.165) is 50.5 Å². The standard InChI is InChI=1S/C26H25F3N6O3S.C18H12N4O2S/c1-2-30-25(36)33-20-8-3-16(13-21(20)38-26(27,28)29)19-15-39-22-14-31-24(34-23(19)22)32-17-4-6-18(7-5-17)35-9-11-37-12-10-35;23-22(24)14-8-4-7-13(9-14)20-18-19-10-16-17(21-18)15(11-25-16)12-5-2-1-3-6-12/h3-8,13-15H,2,9-12H2,1H3,(H2,30,33,36)(H,31,32,34);1-11H,(H,19,20,21). The summed E-state index contributed by atoms with van der Waals surface area (Å²) >= 11 is 2.96. The van der Waals surface area contributed by atoms with Crippen molar-refractivity contribution >= 4 is 89.5 Å². The summed E-state index contributed by atoms with van der Waals surface area (Å²) in [5.41, 5.74) is 7.01. The average molecular weight is 907 g/mol. The average Bonchev–Trinajstić information content (AvgIpc) is 3.92. The smallest absolute Gasteiger partial charge is 0.404 e. The highest BCUT2D eigenvalue weighted by molar-refractivity contribution is 7.18. The minimum absolute atomic E-state index is 0.0200. The third-order valence-corrected chi connectivity index (χ3v) is 11.4. The zero-order valence-corrected chi connectivity index (χ0v) is 35.4. The number of morpholine rings is 1. The lowest BCUT2D eigenvalue weighted by atomic mass is 10.1. The number of fused-ring (bicyclic) bond motifs is 2. The quantitative estimate of drug-likeness (QED) is 0.0713. The number of benzene rings is 4. The first kappa shape index (κ1) is 43.2. The number of nitro groups is 1. The number of nitrogens with zero attached hydrogens (tertiary/aromatic N) is 6. The Morgan fingerprint density at radius 3 is 2.08 bits per heavy atom. The fraction of sp³-hybridized carbons (Fsp3) is 0.159. The van der Waals surface area contributed by atoms with Crippen molar-refractivity contribution < 1.29 is 32.4 Å². The Kier molecular flexibility index (Phi) is 13.1. The van der Waals surface area contributed by atoms with E-state index < -0.39 is 23.1 Å². The van der Waals surface area contributed by atoms with Crippen molar-refractivity contribution in [3.8, 4) is 28.0 Å². The number of ether oxygens (including phenoxy) is 2. The van der Waals surface area contributed by atoms with E-state index in [0.29, 0.717) is 54.0 Å². The molecule has 0 saturated carbocycles. The number of urea groups is 1. The van der Waals surface area contributed by atoms with Gasteiger partial charge in [-0.15, -0.1) is 35.8 Å². The lowest BCUT2D eigenvalue weighted by Crippen LogP contribution is -2.36. The summed E-state index contributed by atoms with van der Waals surface area (Å²) in [7, 11) is 0. The van der Waals surface area contributed by atoms with Gasteiger partial charge < -0.3 is 35.6 Å². The molecule has 5 heterocycles. The van der Waals surface area contributed by atoms with Crippen LogP contribution in [0.5, 0.6) is 5.75 Å². The summed E-state index contributed by atoms with van der Waals surface area (Å²) in [5, 5.41) is 25.8. The molecule has 0 unspecified atom stereocenters. The molecule has 4 aromatic heterocycles. The van der Waals surface area contributed by atoms with Crippen molar-refractivity contribution in [2.24, 2.45) is 0 Å². The van der Waals surface area contributed by atoms with E-state index in [4.69, 9.17) is 4.74 Å². The van der Waals surface area contributed by atoms with E-state index in [1.165, 1.54) is 35.6 Å². The van der Waals surface area contributed by atoms with Crippen LogP contribution >= 0.6 is 22.7 Å². The van der Waals surface area contributed by atoms with Gasteiger partial charge in [0.1, 0.15) is 0 Å². The number of non-ortho nitro benzene ring substituents is 1. The number of hydrogen-bond donors (Lipinski definition) is 4. The molecule has 1 saturated heterocycles. The Balaban J connectivity index is 0.000000192. The molecule has 9 rings (SSSR count). The molecule has 0 spiro atoms. The second-order valence-corrected chi connectivity index (χ2v) is 15.7. The Morgan fingerprint density at radius 2 is 1.45 bits per heavy atom. The third kappa shape index (κ3) is 10.6. The molecule has 0 radical (unpaired) electrons. The molecule has 0 bridgehead atoms. The van der Waals surface area contributed by atoms with Gasteiger partial charge in [-0.05, 0) is 60.5 Å². The molecule has 0 atom stereocenters. The summed E-state index contributed by atoms with van der Waals surface area (Å²) in [6.07, 6.45) is -1.51.